The van der Waals surface area contributed by atoms with Gasteiger partial charge >= 0.3 is 0 Å². The molecule has 3 rings (SSSR count). The molecule has 10 heteroatoms. The van der Waals surface area contributed by atoms with Crippen LogP contribution in [0.2, 0.25) is 0 Å². The van der Waals surface area contributed by atoms with Crippen LogP contribution in [0.3, 0.4) is 0 Å². The normalized spacial score (nSPS) is 19.7. The van der Waals surface area contributed by atoms with Crippen LogP contribution < -0.4 is 19.5 Å². The highest BCUT2D eigenvalue weighted by Gasteiger charge is 2.33. The van der Waals surface area contributed by atoms with E-state index in [0.717, 1.165) is 0 Å². The lowest BCUT2D eigenvalue weighted by molar-refractivity contribution is 0.0416. The van der Waals surface area contributed by atoms with E-state index in [-0.39, 0.29) is 40.7 Å². The molecule has 2 aromatic carbocycles. The van der Waals surface area contributed by atoms with Crippen molar-refractivity contribution < 1.29 is 27.8 Å². The average molecular weight is 478 g/mol. The molecule has 1 aliphatic rings. The van der Waals surface area contributed by atoms with E-state index >= 15 is 0 Å². The van der Waals surface area contributed by atoms with Crippen molar-refractivity contribution >= 4 is 21.6 Å². The summed E-state index contributed by atoms with van der Waals surface area (Å²) in [5.74, 6) is 0.596. The van der Waals surface area contributed by atoms with Crippen LogP contribution in [0.25, 0.3) is 0 Å². The van der Waals surface area contributed by atoms with Crippen molar-refractivity contribution in [1.29, 1.82) is 0 Å². The second kappa shape index (κ2) is 10.4. The number of nitrogens with zero attached hydrogens (tertiary/aromatic N) is 1. The minimum absolute atomic E-state index is 0.0109. The fourth-order valence-corrected chi connectivity index (χ4v) is 4.75. The standard InChI is InChI=1S/C23H31N3O6S/c1-15-13-26(16(2)14-27)23(28)20-11-17(5-10-21(20)32-22(15)12-24-3)25-33(29,30)19-8-6-18(31-4)7-9-19/h5-11,15-16,22,24-25,27H,12-14H2,1-4H3/t15-,16+,22+/m0/s1. The minimum atomic E-state index is -3.88. The van der Waals surface area contributed by atoms with Gasteiger partial charge < -0.3 is 24.8 Å². The van der Waals surface area contributed by atoms with Gasteiger partial charge in [0.1, 0.15) is 17.6 Å². The number of hydrogen-bond donors (Lipinski definition) is 3. The molecule has 0 spiro atoms. The number of rotatable bonds is 8. The lowest BCUT2D eigenvalue weighted by atomic mass is 9.99. The molecule has 0 saturated carbocycles. The van der Waals surface area contributed by atoms with E-state index in [1.165, 1.54) is 25.3 Å². The zero-order valence-electron chi connectivity index (χ0n) is 19.2. The van der Waals surface area contributed by atoms with E-state index in [4.69, 9.17) is 9.47 Å². The Balaban J connectivity index is 1.97. The van der Waals surface area contributed by atoms with Gasteiger partial charge in [-0.2, -0.15) is 0 Å². The molecule has 0 unspecified atom stereocenters. The van der Waals surface area contributed by atoms with Gasteiger partial charge in [0.15, 0.2) is 0 Å². The maximum atomic E-state index is 13.4. The zero-order valence-corrected chi connectivity index (χ0v) is 20.1. The van der Waals surface area contributed by atoms with E-state index in [0.29, 0.717) is 24.6 Å². The number of anilines is 1. The molecule has 33 heavy (non-hydrogen) atoms. The maximum Gasteiger partial charge on any atom is 0.261 e. The molecule has 3 N–H and O–H groups in total. The number of ether oxygens (including phenoxy) is 2. The molecule has 1 heterocycles. The average Bonchev–Trinajstić information content (AvgIpc) is 2.81. The number of aliphatic hydroxyl groups is 1. The van der Waals surface area contributed by atoms with Crippen LogP contribution >= 0.6 is 0 Å². The first-order valence-corrected chi connectivity index (χ1v) is 12.2. The SMILES string of the molecule is CNC[C@H]1Oc2ccc(NS(=O)(=O)c3ccc(OC)cc3)cc2C(=O)N([C@H](C)CO)C[C@@H]1C. The third-order valence-corrected chi connectivity index (χ3v) is 7.09. The van der Waals surface area contributed by atoms with Gasteiger partial charge in [-0.25, -0.2) is 8.42 Å². The Morgan fingerprint density at radius 1 is 1.24 bits per heavy atom. The number of nitrogens with one attached hydrogen (secondary N) is 2. The number of carbonyl (C=O) groups is 1. The Morgan fingerprint density at radius 3 is 2.55 bits per heavy atom. The second-order valence-corrected chi connectivity index (χ2v) is 9.85. The monoisotopic (exact) mass is 477 g/mol. The van der Waals surface area contributed by atoms with E-state index in [1.54, 1.807) is 36.1 Å². The summed E-state index contributed by atoms with van der Waals surface area (Å²) in [6, 6.07) is 10.2. The molecule has 0 bridgehead atoms. The van der Waals surface area contributed by atoms with Gasteiger partial charge in [0.2, 0.25) is 0 Å². The lowest BCUT2D eigenvalue weighted by Crippen LogP contribution is -2.49. The fourth-order valence-electron chi connectivity index (χ4n) is 3.70. The van der Waals surface area contributed by atoms with Crippen molar-refractivity contribution in [3.63, 3.8) is 0 Å². The molecule has 180 valence electrons. The van der Waals surface area contributed by atoms with E-state index in [1.807, 2.05) is 14.0 Å². The smallest absolute Gasteiger partial charge is 0.261 e. The number of carbonyl (C=O) groups excluding carboxylic acids is 1. The predicted octanol–water partition coefficient (Wildman–Crippen LogP) is 1.94. The molecule has 0 aliphatic carbocycles. The van der Waals surface area contributed by atoms with Crippen molar-refractivity contribution in [2.24, 2.45) is 5.92 Å². The summed E-state index contributed by atoms with van der Waals surface area (Å²) in [5, 5.41) is 12.8. The molecule has 3 atom stereocenters. The Hall–Kier alpha value is -2.82. The van der Waals surface area contributed by atoms with Gasteiger partial charge in [-0.1, -0.05) is 6.92 Å². The largest absolute Gasteiger partial charge is 0.497 e. The number of benzene rings is 2. The molecule has 1 aliphatic heterocycles. The highest BCUT2D eigenvalue weighted by atomic mass is 32.2. The van der Waals surface area contributed by atoms with Gasteiger partial charge in [-0.15, -0.1) is 0 Å². The number of likely N-dealkylation sites (N-methyl/N-ethyl adjacent to an activating group) is 1. The van der Waals surface area contributed by atoms with E-state index in [2.05, 4.69) is 10.0 Å². The van der Waals surface area contributed by atoms with Gasteiger partial charge in [0.05, 0.1) is 30.2 Å². The number of fused-ring (bicyclic) bond motifs is 1. The van der Waals surface area contributed by atoms with E-state index in [9.17, 15) is 18.3 Å². The summed E-state index contributed by atoms with van der Waals surface area (Å²) in [7, 11) is -0.556. The first kappa shape index (κ1) is 24.8. The van der Waals surface area contributed by atoms with Crippen LogP contribution in [0.1, 0.15) is 24.2 Å². The van der Waals surface area contributed by atoms with Gasteiger partial charge in [-0.3, -0.25) is 9.52 Å². The third-order valence-electron chi connectivity index (χ3n) is 5.69. The Kier molecular flexibility index (Phi) is 7.83. The molecule has 1 amide bonds. The highest BCUT2D eigenvalue weighted by Crippen LogP contribution is 2.31. The third kappa shape index (κ3) is 5.58. The molecule has 0 aromatic heterocycles. The molecule has 2 aromatic rings. The summed E-state index contributed by atoms with van der Waals surface area (Å²) >= 11 is 0. The molecule has 0 saturated heterocycles. The number of aliphatic hydroxyl groups excluding tert-OH is 1. The van der Waals surface area contributed by atoms with Crippen molar-refractivity contribution in [1.82, 2.24) is 10.2 Å². The van der Waals surface area contributed by atoms with Crippen LogP contribution in [-0.4, -0.2) is 70.3 Å². The van der Waals surface area contributed by atoms with Crippen LogP contribution in [0, 0.1) is 5.92 Å². The number of methoxy groups -OCH3 is 1. The number of amides is 1. The summed E-state index contributed by atoms with van der Waals surface area (Å²) < 4.78 is 39.5. The molecule has 0 radical (unpaired) electrons. The van der Waals surface area contributed by atoms with Crippen molar-refractivity contribution in [2.45, 2.75) is 30.9 Å². The Bertz CT molecular complexity index is 1070. The minimum Gasteiger partial charge on any atom is -0.497 e. The number of sulfonamides is 1. The van der Waals surface area contributed by atoms with Crippen LogP contribution in [-0.2, 0) is 10.0 Å². The Morgan fingerprint density at radius 2 is 1.94 bits per heavy atom. The van der Waals surface area contributed by atoms with Crippen molar-refractivity contribution in [2.75, 3.05) is 38.6 Å². The van der Waals surface area contributed by atoms with Crippen LogP contribution in [0.15, 0.2) is 47.4 Å². The van der Waals surface area contributed by atoms with E-state index < -0.39 is 16.1 Å². The molecule has 9 nitrogen and oxygen atoms in total. The van der Waals surface area contributed by atoms with Crippen LogP contribution in [0.5, 0.6) is 11.5 Å². The quantitative estimate of drug-likeness (QED) is 0.532. The molecular weight excluding hydrogens is 446 g/mol. The molecule has 0 fully saturated rings. The maximum absolute atomic E-state index is 13.4. The first-order chi connectivity index (χ1) is 15.7. The van der Waals surface area contributed by atoms with Gasteiger partial charge in [-0.05, 0) is 56.4 Å². The van der Waals surface area contributed by atoms with Crippen LogP contribution in [0.4, 0.5) is 5.69 Å². The van der Waals surface area contributed by atoms with Gasteiger partial charge in [0, 0.05) is 24.7 Å². The first-order valence-electron chi connectivity index (χ1n) is 10.7. The fraction of sp³-hybridized carbons (Fsp3) is 0.435. The van der Waals surface area contributed by atoms with Gasteiger partial charge in [0.25, 0.3) is 15.9 Å². The molecular formula is C23H31N3O6S. The topological polar surface area (TPSA) is 117 Å². The summed E-state index contributed by atoms with van der Waals surface area (Å²) in [6.45, 7) is 4.55. The van der Waals surface area contributed by atoms with Crippen molar-refractivity contribution in [3.8, 4) is 11.5 Å². The summed E-state index contributed by atoms with van der Waals surface area (Å²) in [4.78, 5) is 15.1. The number of hydrogen-bond acceptors (Lipinski definition) is 7. The lowest BCUT2D eigenvalue weighted by Gasteiger charge is -2.37. The Labute approximate surface area is 194 Å². The highest BCUT2D eigenvalue weighted by molar-refractivity contribution is 7.92. The van der Waals surface area contributed by atoms with Crippen molar-refractivity contribution in [3.05, 3.63) is 48.0 Å². The summed E-state index contributed by atoms with van der Waals surface area (Å²) in [5.41, 5.74) is 0.468. The predicted molar refractivity (Wildman–Crippen MR) is 125 cm³/mol. The summed E-state index contributed by atoms with van der Waals surface area (Å²) in [6.07, 6.45) is -0.211. The second-order valence-electron chi connectivity index (χ2n) is 8.17. The zero-order chi connectivity index (χ0) is 24.2.